The third-order valence-corrected chi connectivity index (χ3v) is 4.80. The Kier molecular flexibility index (Phi) is 6.41. The van der Waals surface area contributed by atoms with Crippen LogP contribution in [0, 0.1) is 0 Å². The molecule has 0 heterocycles. The molecule has 0 spiro atoms. The number of benzene rings is 2. The molecule has 0 atom stereocenters. The number of thioether (sulfide) groups is 1. The summed E-state index contributed by atoms with van der Waals surface area (Å²) in [6.07, 6.45) is -4.52. The van der Waals surface area contributed by atoms with E-state index in [1.807, 2.05) is 24.3 Å². The first-order valence-corrected chi connectivity index (χ1v) is 8.92. The van der Waals surface area contributed by atoms with Crippen LogP contribution in [0.1, 0.15) is 30.9 Å². The number of anilines is 1. The highest BCUT2D eigenvalue weighted by atomic mass is 35.5. The zero-order chi connectivity index (χ0) is 18.6. The van der Waals surface area contributed by atoms with Crippen molar-refractivity contribution in [3.05, 3.63) is 58.6 Å². The molecular formula is C18H17ClF3NOS. The summed E-state index contributed by atoms with van der Waals surface area (Å²) in [5.41, 5.74) is 0.916. The molecule has 0 aromatic heterocycles. The summed E-state index contributed by atoms with van der Waals surface area (Å²) in [5, 5.41) is 2.37. The van der Waals surface area contributed by atoms with E-state index < -0.39 is 11.7 Å². The van der Waals surface area contributed by atoms with E-state index in [-0.39, 0.29) is 16.7 Å². The Labute approximate surface area is 153 Å². The van der Waals surface area contributed by atoms with Crippen molar-refractivity contribution in [1.29, 1.82) is 0 Å². The summed E-state index contributed by atoms with van der Waals surface area (Å²) in [7, 11) is 0. The van der Waals surface area contributed by atoms with Crippen molar-refractivity contribution in [2.24, 2.45) is 0 Å². The molecule has 0 saturated heterocycles. The number of carbonyl (C=O) groups excluding carboxylic acids is 1. The zero-order valence-corrected chi connectivity index (χ0v) is 15.2. The topological polar surface area (TPSA) is 29.1 Å². The maximum Gasteiger partial charge on any atom is 0.417 e. The summed E-state index contributed by atoms with van der Waals surface area (Å²) in [6, 6.07) is 11.1. The maximum absolute atomic E-state index is 12.8. The number of alkyl halides is 3. The van der Waals surface area contributed by atoms with Crippen molar-refractivity contribution < 1.29 is 18.0 Å². The molecule has 2 rings (SSSR count). The van der Waals surface area contributed by atoms with Crippen molar-refractivity contribution in [1.82, 2.24) is 0 Å². The second-order valence-electron chi connectivity index (χ2n) is 5.75. The van der Waals surface area contributed by atoms with E-state index >= 15 is 0 Å². The van der Waals surface area contributed by atoms with Gasteiger partial charge in [-0.3, -0.25) is 4.79 Å². The van der Waals surface area contributed by atoms with E-state index in [0.717, 1.165) is 23.4 Å². The van der Waals surface area contributed by atoms with E-state index in [4.69, 9.17) is 11.6 Å². The molecule has 0 unspecified atom stereocenters. The SMILES string of the molecule is CC(C)c1ccc(NC(=O)CSc2ccc(Cl)c(C(F)(F)F)c2)cc1. The molecule has 0 radical (unpaired) electrons. The van der Waals surface area contributed by atoms with Gasteiger partial charge in [-0.25, -0.2) is 0 Å². The van der Waals surface area contributed by atoms with Gasteiger partial charge in [0.1, 0.15) is 0 Å². The van der Waals surface area contributed by atoms with E-state index in [2.05, 4.69) is 19.2 Å². The first kappa shape index (κ1) is 19.7. The van der Waals surface area contributed by atoms with E-state index in [1.165, 1.54) is 12.1 Å². The molecule has 134 valence electrons. The van der Waals surface area contributed by atoms with Gasteiger partial charge in [-0.05, 0) is 41.8 Å². The van der Waals surface area contributed by atoms with Crippen LogP contribution in [-0.2, 0) is 11.0 Å². The Morgan fingerprint density at radius 3 is 2.36 bits per heavy atom. The summed E-state index contributed by atoms with van der Waals surface area (Å²) in [6.45, 7) is 4.15. The van der Waals surface area contributed by atoms with Crippen molar-refractivity contribution in [2.75, 3.05) is 11.1 Å². The molecule has 0 saturated carbocycles. The fourth-order valence-corrected chi connectivity index (χ4v) is 3.07. The van der Waals surface area contributed by atoms with Gasteiger partial charge in [-0.15, -0.1) is 11.8 Å². The second kappa shape index (κ2) is 8.15. The zero-order valence-electron chi connectivity index (χ0n) is 13.7. The van der Waals surface area contributed by atoms with E-state index in [0.29, 0.717) is 16.5 Å². The molecule has 0 bridgehead atoms. The molecule has 1 amide bonds. The predicted molar refractivity (Wildman–Crippen MR) is 96.3 cm³/mol. The van der Waals surface area contributed by atoms with Crippen LogP contribution >= 0.6 is 23.4 Å². The smallest absolute Gasteiger partial charge is 0.325 e. The number of rotatable bonds is 5. The summed E-state index contributed by atoms with van der Waals surface area (Å²) in [5.74, 6) is 0.115. The van der Waals surface area contributed by atoms with E-state index in [1.54, 1.807) is 0 Å². The van der Waals surface area contributed by atoms with Crippen molar-refractivity contribution >= 4 is 35.0 Å². The minimum Gasteiger partial charge on any atom is -0.325 e. The quantitative estimate of drug-likeness (QED) is 0.617. The Hall–Kier alpha value is -1.66. The van der Waals surface area contributed by atoms with Crippen LogP contribution in [0.25, 0.3) is 0 Å². The van der Waals surface area contributed by atoms with E-state index in [9.17, 15) is 18.0 Å². The third kappa shape index (κ3) is 5.68. The number of halogens is 4. The second-order valence-corrected chi connectivity index (χ2v) is 7.21. The molecule has 7 heteroatoms. The lowest BCUT2D eigenvalue weighted by Crippen LogP contribution is -2.14. The largest absolute Gasteiger partial charge is 0.417 e. The molecule has 0 aliphatic rings. The molecule has 2 nitrogen and oxygen atoms in total. The van der Waals surface area contributed by atoms with Crippen LogP contribution in [0.4, 0.5) is 18.9 Å². The summed E-state index contributed by atoms with van der Waals surface area (Å²) in [4.78, 5) is 12.3. The van der Waals surface area contributed by atoms with Gasteiger partial charge in [-0.1, -0.05) is 37.6 Å². The van der Waals surface area contributed by atoms with Crippen LogP contribution < -0.4 is 5.32 Å². The highest BCUT2D eigenvalue weighted by molar-refractivity contribution is 8.00. The van der Waals surface area contributed by atoms with Crippen LogP contribution in [0.15, 0.2) is 47.4 Å². The molecule has 0 aliphatic heterocycles. The number of carbonyl (C=O) groups is 1. The van der Waals surface area contributed by atoms with Crippen LogP contribution in [0.3, 0.4) is 0 Å². The minimum atomic E-state index is -4.52. The average molecular weight is 388 g/mol. The lowest BCUT2D eigenvalue weighted by molar-refractivity contribution is -0.137. The van der Waals surface area contributed by atoms with Crippen LogP contribution in [-0.4, -0.2) is 11.7 Å². The lowest BCUT2D eigenvalue weighted by atomic mass is 10.0. The van der Waals surface area contributed by atoms with Gasteiger partial charge in [0.05, 0.1) is 16.3 Å². The molecule has 0 aliphatic carbocycles. The van der Waals surface area contributed by atoms with Crippen molar-refractivity contribution in [2.45, 2.75) is 30.8 Å². The Balaban J connectivity index is 1.96. The highest BCUT2D eigenvalue weighted by Crippen LogP contribution is 2.37. The standard InChI is InChI=1S/C18H17ClF3NOS/c1-11(2)12-3-5-13(6-4-12)23-17(24)10-25-14-7-8-16(19)15(9-14)18(20,21)22/h3-9,11H,10H2,1-2H3,(H,23,24). The molecule has 2 aromatic carbocycles. The number of amides is 1. The third-order valence-electron chi connectivity index (χ3n) is 3.47. The fourth-order valence-electron chi connectivity index (χ4n) is 2.11. The normalized spacial score (nSPS) is 11.6. The molecule has 2 aromatic rings. The van der Waals surface area contributed by atoms with Gasteiger partial charge in [0, 0.05) is 10.6 Å². The van der Waals surface area contributed by atoms with Crippen LogP contribution in [0.2, 0.25) is 5.02 Å². The van der Waals surface area contributed by atoms with Gasteiger partial charge in [0.25, 0.3) is 0 Å². The maximum atomic E-state index is 12.8. The number of nitrogens with one attached hydrogen (secondary N) is 1. The Bertz CT molecular complexity index is 745. The van der Waals surface area contributed by atoms with Gasteiger partial charge >= 0.3 is 6.18 Å². The van der Waals surface area contributed by atoms with Crippen molar-refractivity contribution in [3.63, 3.8) is 0 Å². The van der Waals surface area contributed by atoms with Crippen LogP contribution in [0.5, 0.6) is 0 Å². The van der Waals surface area contributed by atoms with Gasteiger partial charge in [-0.2, -0.15) is 13.2 Å². The minimum absolute atomic E-state index is 0.00482. The summed E-state index contributed by atoms with van der Waals surface area (Å²) < 4.78 is 38.5. The first-order valence-electron chi connectivity index (χ1n) is 7.56. The predicted octanol–water partition coefficient (Wildman–Crippen LogP) is 6.21. The molecule has 0 fully saturated rings. The van der Waals surface area contributed by atoms with Gasteiger partial charge in [0.15, 0.2) is 0 Å². The van der Waals surface area contributed by atoms with Crippen molar-refractivity contribution in [3.8, 4) is 0 Å². The fraction of sp³-hybridized carbons (Fsp3) is 0.278. The number of hydrogen-bond acceptors (Lipinski definition) is 2. The highest BCUT2D eigenvalue weighted by Gasteiger charge is 2.33. The summed E-state index contributed by atoms with van der Waals surface area (Å²) >= 11 is 6.60. The molecule has 25 heavy (non-hydrogen) atoms. The monoisotopic (exact) mass is 387 g/mol. The first-order chi connectivity index (χ1) is 11.7. The average Bonchev–Trinajstić information content (AvgIpc) is 2.53. The lowest BCUT2D eigenvalue weighted by Gasteiger charge is -2.11. The Morgan fingerprint density at radius 1 is 1.16 bits per heavy atom. The molecule has 1 N–H and O–H groups in total. The Morgan fingerprint density at radius 2 is 1.80 bits per heavy atom. The number of hydrogen-bond donors (Lipinski definition) is 1. The van der Waals surface area contributed by atoms with Gasteiger partial charge in [0.2, 0.25) is 5.91 Å². The molecular weight excluding hydrogens is 371 g/mol. The van der Waals surface area contributed by atoms with Gasteiger partial charge < -0.3 is 5.32 Å².